The van der Waals surface area contributed by atoms with E-state index in [0.29, 0.717) is 5.56 Å². The first-order valence-electron chi connectivity index (χ1n) is 4.84. The van der Waals surface area contributed by atoms with Crippen molar-refractivity contribution in [1.29, 1.82) is 0 Å². The van der Waals surface area contributed by atoms with Gasteiger partial charge in [0, 0.05) is 0 Å². The van der Waals surface area contributed by atoms with Crippen LogP contribution in [0.15, 0.2) is 24.3 Å². The lowest BCUT2D eigenvalue weighted by molar-refractivity contribution is -0.156. The molecular formula is C12H16NO2. The van der Waals surface area contributed by atoms with E-state index in [4.69, 9.17) is 10.5 Å². The highest BCUT2D eigenvalue weighted by atomic mass is 16.6. The second-order valence-electron chi connectivity index (χ2n) is 4.35. The number of carbonyl (C=O) groups is 1. The van der Waals surface area contributed by atoms with Crippen molar-refractivity contribution in [3.63, 3.8) is 0 Å². The second-order valence-corrected chi connectivity index (χ2v) is 4.35. The third-order valence-corrected chi connectivity index (χ3v) is 1.75. The maximum absolute atomic E-state index is 11.6. The Balaban J connectivity index is 2.70. The van der Waals surface area contributed by atoms with Crippen molar-refractivity contribution in [2.75, 3.05) is 0 Å². The van der Waals surface area contributed by atoms with Gasteiger partial charge in [0.25, 0.3) is 0 Å². The number of nitrogens with two attached hydrogens (primary N) is 1. The smallest absolute Gasteiger partial charge is 0.328 e. The van der Waals surface area contributed by atoms with Gasteiger partial charge in [0.2, 0.25) is 0 Å². The zero-order valence-corrected chi connectivity index (χ0v) is 9.28. The number of esters is 1. The topological polar surface area (TPSA) is 52.3 Å². The van der Waals surface area contributed by atoms with Gasteiger partial charge in [-0.25, -0.2) is 4.79 Å². The molecular weight excluding hydrogens is 190 g/mol. The molecule has 0 aliphatic heterocycles. The molecule has 0 heterocycles. The van der Waals surface area contributed by atoms with E-state index >= 15 is 0 Å². The Labute approximate surface area is 90.2 Å². The van der Waals surface area contributed by atoms with E-state index < -0.39 is 17.6 Å². The van der Waals surface area contributed by atoms with Crippen molar-refractivity contribution < 1.29 is 9.53 Å². The first kappa shape index (κ1) is 11.7. The standard InChI is InChI=1S/C12H16NO2/c1-12(2,3)15-11(14)10(13)9-7-5-4-6-8-9/h4-5,7-8,10H,13H2,1-3H3. The fourth-order valence-electron chi connectivity index (χ4n) is 1.10. The molecule has 3 heteroatoms. The summed E-state index contributed by atoms with van der Waals surface area (Å²) in [7, 11) is 0. The lowest BCUT2D eigenvalue weighted by atomic mass is 10.1. The maximum Gasteiger partial charge on any atom is 0.328 e. The molecule has 0 aliphatic rings. The molecule has 0 saturated heterocycles. The van der Waals surface area contributed by atoms with E-state index in [1.54, 1.807) is 24.3 Å². The molecule has 1 unspecified atom stereocenters. The van der Waals surface area contributed by atoms with Crippen molar-refractivity contribution in [3.8, 4) is 0 Å². The first-order chi connectivity index (χ1) is 6.90. The van der Waals surface area contributed by atoms with Gasteiger partial charge in [0.1, 0.15) is 11.6 Å². The fourth-order valence-corrected chi connectivity index (χ4v) is 1.10. The Hall–Kier alpha value is -1.35. The van der Waals surface area contributed by atoms with Crippen LogP contribution in [0.3, 0.4) is 0 Å². The van der Waals surface area contributed by atoms with Crippen LogP contribution in [0.5, 0.6) is 0 Å². The van der Waals surface area contributed by atoms with Crippen molar-refractivity contribution in [2.24, 2.45) is 5.73 Å². The minimum Gasteiger partial charge on any atom is -0.459 e. The second kappa shape index (κ2) is 4.45. The molecule has 1 rings (SSSR count). The molecule has 15 heavy (non-hydrogen) atoms. The van der Waals surface area contributed by atoms with Crippen LogP contribution < -0.4 is 5.73 Å². The molecule has 1 aromatic carbocycles. The zero-order chi connectivity index (χ0) is 11.5. The predicted octanol–water partition coefficient (Wildman–Crippen LogP) is 1.83. The minimum atomic E-state index is -0.735. The molecule has 0 aromatic heterocycles. The van der Waals surface area contributed by atoms with Gasteiger partial charge in [-0.2, -0.15) is 0 Å². The number of rotatable bonds is 2. The Morgan fingerprint density at radius 3 is 2.67 bits per heavy atom. The van der Waals surface area contributed by atoms with Gasteiger partial charge in [0.05, 0.1) is 0 Å². The van der Waals surface area contributed by atoms with E-state index in [0.717, 1.165) is 0 Å². The maximum atomic E-state index is 11.6. The van der Waals surface area contributed by atoms with Gasteiger partial charge in [-0.15, -0.1) is 0 Å². The van der Waals surface area contributed by atoms with Crippen molar-refractivity contribution >= 4 is 5.97 Å². The highest BCUT2D eigenvalue weighted by Gasteiger charge is 2.22. The molecule has 0 spiro atoms. The normalized spacial score (nSPS) is 13.3. The molecule has 1 aromatic rings. The predicted molar refractivity (Wildman–Crippen MR) is 58.1 cm³/mol. The summed E-state index contributed by atoms with van der Waals surface area (Å²) in [5, 5.41) is 0. The van der Waals surface area contributed by atoms with Crippen molar-refractivity contribution in [2.45, 2.75) is 32.4 Å². The van der Waals surface area contributed by atoms with Gasteiger partial charge in [-0.3, -0.25) is 0 Å². The van der Waals surface area contributed by atoms with Crippen LogP contribution in [-0.4, -0.2) is 11.6 Å². The number of benzene rings is 1. The molecule has 0 aliphatic carbocycles. The lowest BCUT2D eigenvalue weighted by Gasteiger charge is -2.22. The van der Waals surface area contributed by atoms with E-state index in [-0.39, 0.29) is 0 Å². The molecule has 1 atom stereocenters. The number of carbonyl (C=O) groups excluding carboxylic acids is 1. The van der Waals surface area contributed by atoms with E-state index in [1.165, 1.54) is 0 Å². The molecule has 0 saturated carbocycles. The highest BCUT2D eigenvalue weighted by molar-refractivity contribution is 5.77. The first-order valence-corrected chi connectivity index (χ1v) is 4.84. The number of hydrogen-bond donors (Lipinski definition) is 1. The molecule has 0 bridgehead atoms. The largest absolute Gasteiger partial charge is 0.459 e. The van der Waals surface area contributed by atoms with Gasteiger partial charge in [-0.05, 0) is 38.5 Å². The fraction of sp³-hybridized carbons (Fsp3) is 0.417. The third-order valence-electron chi connectivity index (χ3n) is 1.75. The Morgan fingerprint density at radius 2 is 2.20 bits per heavy atom. The van der Waals surface area contributed by atoms with Crippen molar-refractivity contribution in [3.05, 3.63) is 35.9 Å². The zero-order valence-electron chi connectivity index (χ0n) is 9.28. The van der Waals surface area contributed by atoms with Crippen LogP contribution in [0.4, 0.5) is 0 Å². The van der Waals surface area contributed by atoms with Gasteiger partial charge in [-0.1, -0.05) is 18.2 Å². The average molecular weight is 206 g/mol. The summed E-state index contributed by atoms with van der Waals surface area (Å²) in [5.41, 5.74) is 5.96. The molecule has 2 N–H and O–H groups in total. The SMILES string of the molecule is CC(C)(C)OC(=O)C(N)c1c[c]ccc1. The van der Waals surface area contributed by atoms with E-state index in [1.807, 2.05) is 20.8 Å². The molecule has 81 valence electrons. The molecule has 0 amide bonds. The van der Waals surface area contributed by atoms with Crippen molar-refractivity contribution in [1.82, 2.24) is 0 Å². The quantitative estimate of drug-likeness (QED) is 0.751. The number of hydrogen-bond acceptors (Lipinski definition) is 3. The lowest BCUT2D eigenvalue weighted by Crippen LogP contribution is -2.31. The summed E-state index contributed by atoms with van der Waals surface area (Å²) in [6.07, 6.45) is 0. The summed E-state index contributed by atoms with van der Waals surface area (Å²) in [4.78, 5) is 11.6. The van der Waals surface area contributed by atoms with E-state index in [2.05, 4.69) is 6.07 Å². The van der Waals surface area contributed by atoms with Crippen LogP contribution in [0.2, 0.25) is 0 Å². The van der Waals surface area contributed by atoms with Gasteiger partial charge in [0.15, 0.2) is 0 Å². The molecule has 0 fully saturated rings. The summed E-state index contributed by atoms with van der Waals surface area (Å²) in [6, 6.07) is 9.16. The van der Waals surface area contributed by atoms with Crippen LogP contribution in [0, 0.1) is 6.07 Å². The summed E-state index contributed by atoms with van der Waals surface area (Å²) in [5.74, 6) is -0.415. The summed E-state index contributed by atoms with van der Waals surface area (Å²) < 4.78 is 5.18. The Bertz CT molecular complexity index is 327. The van der Waals surface area contributed by atoms with Gasteiger partial charge < -0.3 is 10.5 Å². The molecule has 3 nitrogen and oxygen atoms in total. The van der Waals surface area contributed by atoms with Crippen LogP contribution in [-0.2, 0) is 9.53 Å². The molecule has 1 radical (unpaired) electrons. The van der Waals surface area contributed by atoms with Gasteiger partial charge >= 0.3 is 5.97 Å². The Morgan fingerprint density at radius 1 is 1.53 bits per heavy atom. The van der Waals surface area contributed by atoms with Crippen LogP contribution in [0.1, 0.15) is 32.4 Å². The third kappa shape index (κ3) is 3.72. The van der Waals surface area contributed by atoms with Crippen LogP contribution >= 0.6 is 0 Å². The minimum absolute atomic E-state index is 0.415. The monoisotopic (exact) mass is 206 g/mol. The number of ether oxygens (including phenoxy) is 1. The van der Waals surface area contributed by atoms with Crippen LogP contribution in [0.25, 0.3) is 0 Å². The Kier molecular flexibility index (Phi) is 3.48. The highest BCUT2D eigenvalue weighted by Crippen LogP contribution is 2.15. The van der Waals surface area contributed by atoms with E-state index in [9.17, 15) is 4.79 Å². The summed E-state index contributed by atoms with van der Waals surface area (Å²) in [6.45, 7) is 5.44. The average Bonchev–Trinajstić information content (AvgIpc) is 2.15. The summed E-state index contributed by atoms with van der Waals surface area (Å²) >= 11 is 0.